The van der Waals surface area contributed by atoms with Crippen LogP contribution in [0.3, 0.4) is 0 Å². The van der Waals surface area contributed by atoms with Crippen LogP contribution in [-0.2, 0) is 7.05 Å². The molecule has 0 fully saturated rings. The fourth-order valence-electron chi connectivity index (χ4n) is 0.778. The highest BCUT2D eigenvalue weighted by atomic mass is 79.9. The Bertz CT molecular complexity index is 267. The van der Waals surface area contributed by atoms with E-state index >= 15 is 0 Å². The van der Waals surface area contributed by atoms with Gasteiger partial charge in [0.2, 0.25) is 0 Å². The molecule has 0 atom stereocenters. The van der Waals surface area contributed by atoms with Crippen LogP contribution in [0.25, 0.3) is 0 Å². The van der Waals surface area contributed by atoms with Crippen LogP contribution in [0.2, 0.25) is 0 Å². The van der Waals surface area contributed by atoms with Gasteiger partial charge in [0.25, 0.3) is 0 Å². The molecule has 0 N–H and O–H groups in total. The number of aldehydes is 1. The molecular formula is C6H7BrN2O. The Morgan fingerprint density at radius 1 is 1.70 bits per heavy atom. The van der Waals surface area contributed by atoms with Crippen molar-refractivity contribution in [2.45, 2.75) is 6.92 Å². The summed E-state index contributed by atoms with van der Waals surface area (Å²) in [6.07, 6.45) is 0.782. The molecule has 0 bridgehead atoms. The summed E-state index contributed by atoms with van der Waals surface area (Å²) in [7, 11) is 1.74. The zero-order chi connectivity index (χ0) is 7.72. The van der Waals surface area contributed by atoms with Crippen molar-refractivity contribution in [3.05, 3.63) is 15.9 Å². The molecule has 0 saturated carbocycles. The van der Waals surface area contributed by atoms with Crippen molar-refractivity contribution in [1.82, 2.24) is 9.78 Å². The Morgan fingerprint density at radius 2 is 2.30 bits per heavy atom. The number of hydrogen-bond donors (Lipinski definition) is 0. The molecule has 1 aromatic rings. The number of aromatic nitrogens is 2. The largest absolute Gasteiger partial charge is 0.296 e. The first-order chi connectivity index (χ1) is 4.66. The minimum absolute atomic E-state index is 0.581. The number of hydrogen-bond acceptors (Lipinski definition) is 2. The van der Waals surface area contributed by atoms with E-state index in [1.807, 2.05) is 6.92 Å². The summed E-state index contributed by atoms with van der Waals surface area (Å²) in [5, 5.41) is 4.02. The number of nitrogens with zero attached hydrogens (tertiary/aromatic N) is 2. The SMILES string of the molecule is Cc1nn(C)c(C=O)c1Br. The number of carbonyl (C=O) groups excluding carboxylic acids is 1. The van der Waals surface area contributed by atoms with Gasteiger partial charge in [0, 0.05) is 7.05 Å². The van der Waals surface area contributed by atoms with Crippen molar-refractivity contribution < 1.29 is 4.79 Å². The standard InChI is InChI=1S/C6H7BrN2O/c1-4-6(7)5(3-10)9(2)8-4/h3H,1-2H3. The minimum Gasteiger partial charge on any atom is -0.296 e. The molecule has 0 saturated heterocycles. The predicted octanol–water partition coefficient (Wildman–Crippen LogP) is 1.30. The lowest BCUT2D eigenvalue weighted by atomic mass is 10.4. The molecule has 54 valence electrons. The van der Waals surface area contributed by atoms with Gasteiger partial charge in [0.15, 0.2) is 6.29 Å². The molecule has 1 heterocycles. The van der Waals surface area contributed by atoms with E-state index in [9.17, 15) is 4.79 Å². The van der Waals surface area contributed by atoms with Crippen molar-refractivity contribution in [3.63, 3.8) is 0 Å². The second-order valence-corrected chi connectivity index (χ2v) is 2.82. The molecule has 1 rings (SSSR count). The van der Waals surface area contributed by atoms with Gasteiger partial charge >= 0.3 is 0 Å². The maximum Gasteiger partial charge on any atom is 0.169 e. The topological polar surface area (TPSA) is 34.9 Å². The molecule has 3 nitrogen and oxygen atoms in total. The van der Waals surface area contributed by atoms with Crippen LogP contribution in [0.15, 0.2) is 4.47 Å². The van der Waals surface area contributed by atoms with Crippen LogP contribution >= 0.6 is 15.9 Å². The van der Waals surface area contributed by atoms with Gasteiger partial charge in [-0.2, -0.15) is 5.10 Å². The third kappa shape index (κ3) is 0.988. The normalized spacial score (nSPS) is 9.90. The Balaban J connectivity index is 3.33. The van der Waals surface area contributed by atoms with Crippen LogP contribution < -0.4 is 0 Å². The minimum atomic E-state index is 0.581. The highest BCUT2D eigenvalue weighted by molar-refractivity contribution is 9.10. The third-order valence-corrected chi connectivity index (χ3v) is 2.28. The van der Waals surface area contributed by atoms with E-state index in [0.29, 0.717) is 5.69 Å². The van der Waals surface area contributed by atoms with Crippen molar-refractivity contribution >= 4 is 22.2 Å². The molecule has 0 aliphatic rings. The second kappa shape index (κ2) is 2.54. The van der Waals surface area contributed by atoms with Gasteiger partial charge in [-0.1, -0.05) is 0 Å². The van der Waals surface area contributed by atoms with Gasteiger partial charge in [-0.3, -0.25) is 9.48 Å². The lowest BCUT2D eigenvalue weighted by Crippen LogP contribution is -1.95. The van der Waals surface area contributed by atoms with Gasteiger partial charge in [-0.15, -0.1) is 0 Å². The first-order valence-electron chi connectivity index (χ1n) is 2.81. The summed E-state index contributed by atoms with van der Waals surface area (Å²) in [4.78, 5) is 10.4. The summed E-state index contributed by atoms with van der Waals surface area (Å²) in [6, 6.07) is 0. The van der Waals surface area contributed by atoms with Gasteiger partial charge < -0.3 is 0 Å². The zero-order valence-electron chi connectivity index (χ0n) is 5.76. The molecule has 0 unspecified atom stereocenters. The first kappa shape index (κ1) is 7.47. The van der Waals surface area contributed by atoms with E-state index in [-0.39, 0.29) is 0 Å². The van der Waals surface area contributed by atoms with Crippen molar-refractivity contribution in [1.29, 1.82) is 0 Å². The Labute approximate surface area is 67.2 Å². The molecule has 10 heavy (non-hydrogen) atoms. The number of rotatable bonds is 1. The average molecular weight is 203 g/mol. The monoisotopic (exact) mass is 202 g/mol. The first-order valence-corrected chi connectivity index (χ1v) is 3.60. The van der Waals surface area contributed by atoms with Crippen LogP contribution in [-0.4, -0.2) is 16.1 Å². The number of halogens is 1. The third-order valence-electron chi connectivity index (χ3n) is 1.30. The quantitative estimate of drug-likeness (QED) is 0.644. The second-order valence-electron chi connectivity index (χ2n) is 2.03. The van der Waals surface area contributed by atoms with E-state index < -0.39 is 0 Å². The smallest absolute Gasteiger partial charge is 0.169 e. The Kier molecular flexibility index (Phi) is 1.89. The average Bonchev–Trinajstić information content (AvgIpc) is 2.09. The van der Waals surface area contributed by atoms with Gasteiger partial charge in [-0.05, 0) is 22.9 Å². The number of aryl methyl sites for hydroxylation is 2. The summed E-state index contributed by atoms with van der Waals surface area (Å²) in [5.74, 6) is 0. The molecule has 1 aromatic heterocycles. The lowest BCUT2D eigenvalue weighted by molar-refractivity contribution is 0.111. The molecule has 0 aliphatic heterocycles. The highest BCUT2D eigenvalue weighted by Gasteiger charge is 2.07. The molecule has 4 heteroatoms. The van der Waals surface area contributed by atoms with Crippen molar-refractivity contribution in [3.8, 4) is 0 Å². The zero-order valence-corrected chi connectivity index (χ0v) is 7.34. The molecule has 0 spiro atoms. The fraction of sp³-hybridized carbons (Fsp3) is 0.333. The van der Waals surface area contributed by atoms with E-state index in [4.69, 9.17) is 0 Å². The summed E-state index contributed by atoms with van der Waals surface area (Å²) >= 11 is 3.25. The van der Waals surface area contributed by atoms with Gasteiger partial charge in [0.1, 0.15) is 5.69 Å². The molecule has 0 amide bonds. The summed E-state index contributed by atoms with van der Waals surface area (Å²) in [6.45, 7) is 1.84. The lowest BCUT2D eigenvalue weighted by Gasteiger charge is -1.88. The summed E-state index contributed by atoms with van der Waals surface area (Å²) in [5.41, 5.74) is 1.42. The van der Waals surface area contributed by atoms with E-state index in [1.165, 1.54) is 0 Å². The van der Waals surface area contributed by atoms with Crippen molar-refractivity contribution in [2.24, 2.45) is 7.05 Å². The molecule has 0 aromatic carbocycles. The van der Waals surface area contributed by atoms with Crippen LogP contribution in [0.4, 0.5) is 0 Å². The highest BCUT2D eigenvalue weighted by Crippen LogP contribution is 2.17. The molecule has 0 aliphatic carbocycles. The molecular weight excluding hydrogens is 196 g/mol. The predicted molar refractivity (Wildman–Crippen MR) is 41.0 cm³/mol. The van der Waals surface area contributed by atoms with E-state index in [0.717, 1.165) is 16.5 Å². The van der Waals surface area contributed by atoms with E-state index in [1.54, 1.807) is 11.7 Å². The van der Waals surface area contributed by atoms with Crippen LogP contribution in [0.5, 0.6) is 0 Å². The van der Waals surface area contributed by atoms with Gasteiger partial charge in [-0.25, -0.2) is 0 Å². The van der Waals surface area contributed by atoms with Crippen LogP contribution in [0, 0.1) is 6.92 Å². The van der Waals surface area contributed by atoms with E-state index in [2.05, 4.69) is 21.0 Å². The Morgan fingerprint density at radius 3 is 2.50 bits per heavy atom. The van der Waals surface area contributed by atoms with Crippen molar-refractivity contribution in [2.75, 3.05) is 0 Å². The number of carbonyl (C=O) groups is 1. The maximum atomic E-state index is 10.4. The van der Waals surface area contributed by atoms with Crippen LogP contribution in [0.1, 0.15) is 16.2 Å². The summed E-state index contributed by atoms with van der Waals surface area (Å²) < 4.78 is 2.33. The maximum absolute atomic E-state index is 10.4. The van der Waals surface area contributed by atoms with Gasteiger partial charge in [0.05, 0.1) is 10.2 Å². The molecule has 0 radical (unpaired) electrons. The fourth-order valence-corrected chi connectivity index (χ4v) is 1.21. The Hall–Kier alpha value is -0.640.